The SMILES string of the molecule is CCOc1ccnc(N(CC(=O)O)CC2CC2)n1. The number of rotatable bonds is 7. The van der Waals surface area contributed by atoms with E-state index < -0.39 is 5.97 Å². The van der Waals surface area contributed by atoms with Crippen LogP contribution in [-0.4, -0.2) is 40.7 Å². The first-order valence-electron chi connectivity index (χ1n) is 6.11. The Balaban J connectivity index is 2.11. The molecule has 6 heteroatoms. The third-order valence-electron chi connectivity index (χ3n) is 2.69. The summed E-state index contributed by atoms with van der Waals surface area (Å²) in [4.78, 5) is 20.9. The molecule has 2 rings (SSSR count). The molecule has 1 aliphatic carbocycles. The van der Waals surface area contributed by atoms with Crippen LogP contribution < -0.4 is 9.64 Å². The predicted molar refractivity (Wildman–Crippen MR) is 65.8 cm³/mol. The maximum Gasteiger partial charge on any atom is 0.323 e. The molecular formula is C12H17N3O3. The van der Waals surface area contributed by atoms with Gasteiger partial charge in [0.2, 0.25) is 11.8 Å². The summed E-state index contributed by atoms with van der Waals surface area (Å²) in [6.45, 7) is 3.02. The number of hydrogen-bond donors (Lipinski definition) is 1. The Morgan fingerprint density at radius 1 is 1.61 bits per heavy atom. The number of carboxylic acid groups (broad SMARTS) is 1. The lowest BCUT2D eigenvalue weighted by Crippen LogP contribution is -2.33. The van der Waals surface area contributed by atoms with Gasteiger partial charge in [-0.05, 0) is 25.7 Å². The van der Waals surface area contributed by atoms with Crippen molar-refractivity contribution in [3.8, 4) is 5.88 Å². The monoisotopic (exact) mass is 251 g/mol. The largest absolute Gasteiger partial charge is 0.480 e. The van der Waals surface area contributed by atoms with E-state index in [1.807, 2.05) is 6.92 Å². The number of carboxylic acids is 1. The van der Waals surface area contributed by atoms with Crippen LogP contribution in [-0.2, 0) is 4.79 Å². The molecule has 1 aromatic heterocycles. The van der Waals surface area contributed by atoms with Crippen LogP contribution in [0.15, 0.2) is 12.3 Å². The molecule has 1 aliphatic rings. The summed E-state index contributed by atoms with van der Waals surface area (Å²) >= 11 is 0. The molecule has 1 aromatic rings. The molecule has 98 valence electrons. The number of anilines is 1. The minimum atomic E-state index is -0.874. The van der Waals surface area contributed by atoms with Gasteiger partial charge in [0.25, 0.3) is 0 Å². The zero-order chi connectivity index (χ0) is 13.0. The van der Waals surface area contributed by atoms with Crippen LogP contribution in [0.3, 0.4) is 0 Å². The topological polar surface area (TPSA) is 75.5 Å². The van der Waals surface area contributed by atoms with E-state index in [0.29, 0.717) is 30.9 Å². The fraction of sp³-hybridized carbons (Fsp3) is 0.583. The number of hydrogen-bond acceptors (Lipinski definition) is 5. The molecule has 6 nitrogen and oxygen atoms in total. The van der Waals surface area contributed by atoms with Gasteiger partial charge in [-0.1, -0.05) is 0 Å². The molecule has 0 atom stereocenters. The highest BCUT2D eigenvalue weighted by atomic mass is 16.5. The molecular weight excluding hydrogens is 234 g/mol. The van der Waals surface area contributed by atoms with Crippen molar-refractivity contribution in [2.75, 3.05) is 24.6 Å². The number of nitrogens with zero attached hydrogens (tertiary/aromatic N) is 3. The normalized spacial score (nSPS) is 14.3. The predicted octanol–water partition coefficient (Wildman–Crippen LogP) is 1.18. The summed E-state index contributed by atoms with van der Waals surface area (Å²) in [6, 6.07) is 1.67. The second-order valence-electron chi connectivity index (χ2n) is 4.35. The second-order valence-corrected chi connectivity index (χ2v) is 4.35. The fourth-order valence-corrected chi connectivity index (χ4v) is 1.71. The van der Waals surface area contributed by atoms with Gasteiger partial charge >= 0.3 is 5.97 Å². The Labute approximate surface area is 106 Å². The van der Waals surface area contributed by atoms with Crippen molar-refractivity contribution in [1.29, 1.82) is 0 Å². The molecule has 0 unspecified atom stereocenters. The second kappa shape index (κ2) is 5.66. The molecule has 0 aliphatic heterocycles. The Morgan fingerprint density at radius 3 is 3.00 bits per heavy atom. The molecule has 0 amide bonds. The Hall–Kier alpha value is -1.85. The third-order valence-corrected chi connectivity index (χ3v) is 2.69. The quantitative estimate of drug-likeness (QED) is 0.784. The smallest absolute Gasteiger partial charge is 0.323 e. The number of aliphatic carboxylic acids is 1. The minimum Gasteiger partial charge on any atom is -0.480 e. The van der Waals surface area contributed by atoms with Crippen molar-refractivity contribution in [3.63, 3.8) is 0 Å². The molecule has 0 radical (unpaired) electrons. The minimum absolute atomic E-state index is 0.0773. The van der Waals surface area contributed by atoms with Gasteiger partial charge in [-0.25, -0.2) is 4.98 Å². The molecule has 0 bridgehead atoms. The van der Waals surface area contributed by atoms with Gasteiger partial charge < -0.3 is 14.7 Å². The molecule has 1 fully saturated rings. The zero-order valence-corrected chi connectivity index (χ0v) is 10.4. The van der Waals surface area contributed by atoms with E-state index in [1.54, 1.807) is 17.2 Å². The summed E-state index contributed by atoms with van der Waals surface area (Å²) in [5.74, 6) is 0.605. The van der Waals surface area contributed by atoms with Gasteiger partial charge in [0.15, 0.2) is 0 Å². The van der Waals surface area contributed by atoms with E-state index in [-0.39, 0.29) is 6.54 Å². The van der Waals surface area contributed by atoms with E-state index in [2.05, 4.69) is 9.97 Å². The average Bonchev–Trinajstić information content (AvgIpc) is 3.12. The molecule has 1 N–H and O–H groups in total. The molecule has 18 heavy (non-hydrogen) atoms. The van der Waals surface area contributed by atoms with Crippen LogP contribution in [0.4, 0.5) is 5.95 Å². The van der Waals surface area contributed by atoms with Crippen LogP contribution >= 0.6 is 0 Å². The van der Waals surface area contributed by atoms with Gasteiger partial charge in [0, 0.05) is 18.8 Å². The van der Waals surface area contributed by atoms with Gasteiger partial charge in [-0.2, -0.15) is 4.98 Å². The number of aromatic nitrogens is 2. The first-order chi connectivity index (χ1) is 8.69. The summed E-state index contributed by atoms with van der Waals surface area (Å²) in [5.41, 5.74) is 0. The highest BCUT2D eigenvalue weighted by Crippen LogP contribution is 2.30. The molecule has 0 spiro atoms. The lowest BCUT2D eigenvalue weighted by atomic mass is 10.3. The Kier molecular flexibility index (Phi) is 3.96. The van der Waals surface area contributed by atoms with E-state index in [1.165, 1.54) is 0 Å². The first kappa shape index (κ1) is 12.6. The Morgan fingerprint density at radius 2 is 2.39 bits per heavy atom. The number of carbonyl (C=O) groups is 1. The highest BCUT2D eigenvalue weighted by molar-refractivity contribution is 5.72. The maximum absolute atomic E-state index is 10.9. The highest BCUT2D eigenvalue weighted by Gasteiger charge is 2.26. The van der Waals surface area contributed by atoms with Gasteiger partial charge in [-0.15, -0.1) is 0 Å². The first-order valence-corrected chi connectivity index (χ1v) is 6.11. The van der Waals surface area contributed by atoms with E-state index >= 15 is 0 Å². The van der Waals surface area contributed by atoms with Gasteiger partial charge in [-0.3, -0.25) is 4.79 Å². The van der Waals surface area contributed by atoms with Gasteiger partial charge in [0.05, 0.1) is 6.61 Å². The van der Waals surface area contributed by atoms with Crippen molar-refractivity contribution in [1.82, 2.24) is 9.97 Å². The molecule has 0 aromatic carbocycles. The van der Waals surface area contributed by atoms with Crippen LogP contribution in [0.1, 0.15) is 19.8 Å². The van der Waals surface area contributed by atoms with E-state index in [4.69, 9.17) is 9.84 Å². The summed E-state index contributed by atoms with van der Waals surface area (Å²) in [7, 11) is 0. The lowest BCUT2D eigenvalue weighted by molar-refractivity contribution is -0.135. The number of ether oxygens (including phenoxy) is 1. The van der Waals surface area contributed by atoms with Crippen molar-refractivity contribution >= 4 is 11.9 Å². The average molecular weight is 251 g/mol. The van der Waals surface area contributed by atoms with Crippen LogP contribution in [0.5, 0.6) is 5.88 Å². The standard InChI is InChI=1S/C12H17N3O3/c1-2-18-10-5-6-13-12(14-10)15(8-11(16)17)7-9-3-4-9/h5-6,9H,2-4,7-8H2,1H3,(H,16,17). The van der Waals surface area contributed by atoms with Crippen molar-refractivity contribution in [2.45, 2.75) is 19.8 Å². The lowest BCUT2D eigenvalue weighted by Gasteiger charge is -2.20. The zero-order valence-electron chi connectivity index (χ0n) is 10.4. The summed E-state index contributed by atoms with van der Waals surface area (Å²) in [6.07, 6.45) is 3.90. The van der Waals surface area contributed by atoms with Crippen molar-refractivity contribution < 1.29 is 14.6 Å². The van der Waals surface area contributed by atoms with Crippen molar-refractivity contribution in [3.05, 3.63) is 12.3 Å². The third kappa shape index (κ3) is 3.58. The summed E-state index contributed by atoms with van der Waals surface area (Å²) in [5, 5.41) is 8.92. The van der Waals surface area contributed by atoms with Crippen molar-refractivity contribution in [2.24, 2.45) is 5.92 Å². The van der Waals surface area contributed by atoms with E-state index in [0.717, 1.165) is 12.8 Å². The summed E-state index contributed by atoms with van der Waals surface area (Å²) < 4.78 is 5.30. The fourth-order valence-electron chi connectivity index (χ4n) is 1.71. The van der Waals surface area contributed by atoms with Crippen LogP contribution in [0.25, 0.3) is 0 Å². The molecule has 1 heterocycles. The molecule has 0 saturated heterocycles. The van der Waals surface area contributed by atoms with Crippen LogP contribution in [0.2, 0.25) is 0 Å². The Bertz CT molecular complexity index is 421. The molecule has 1 saturated carbocycles. The van der Waals surface area contributed by atoms with Gasteiger partial charge in [0.1, 0.15) is 6.54 Å². The van der Waals surface area contributed by atoms with E-state index in [9.17, 15) is 4.79 Å². The van der Waals surface area contributed by atoms with Crippen LogP contribution in [0, 0.1) is 5.92 Å². The maximum atomic E-state index is 10.9.